The molecule has 0 atom stereocenters. The topological polar surface area (TPSA) is 30.0 Å². The summed E-state index contributed by atoms with van der Waals surface area (Å²) in [5.41, 5.74) is 0.967. The Balaban J connectivity index is 2.03. The van der Waals surface area contributed by atoms with Crippen molar-refractivity contribution in [3.8, 4) is 0 Å². The van der Waals surface area contributed by atoms with E-state index in [9.17, 15) is 4.79 Å². The third-order valence-electron chi connectivity index (χ3n) is 4.01. The number of Topliss-reactive ketones (excluding diaryl/α,β-unsaturated/α-hetero) is 1. The average molecular weight is 306 g/mol. The van der Waals surface area contributed by atoms with Gasteiger partial charge in [0, 0.05) is 6.20 Å². The Morgan fingerprint density at radius 3 is 2.45 bits per heavy atom. The van der Waals surface area contributed by atoms with Gasteiger partial charge in [0.05, 0.1) is 15.5 Å². The molecule has 1 aromatic heterocycles. The number of carbonyl (C=O) groups is 1. The van der Waals surface area contributed by atoms with Gasteiger partial charge in [-0.3, -0.25) is 9.78 Å². The Morgan fingerprint density at radius 1 is 1.10 bits per heavy atom. The second kappa shape index (κ2) is 5.19. The van der Waals surface area contributed by atoms with Gasteiger partial charge in [0.25, 0.3) is 0 Å². The van der Waals surface area contributed by atoms with Crippen LogP contribution in [0, 0.1) is 0 Å². The molecule has 1 aliphatic carbocycles. The van der Waals surface area contributed by atoms with Gasteiger partial charge in [0.1, 0.15) is 5.69 Å². The summed E-state index contributed by atoms with van der Waals surface area (Å²) < 4.78 is 0. The molecule has 0 N–H and O–H groups in total. The Morgan fingerprint density at radius 2 is 1.90 bits per heavy atom. The van der Waals surface area contributed by atoms with Crippen LogP contribution in [0.3, 0.4) is 0 Å². The predicted molar refractivity (Wildman–Crippen MR) is 80.6 cm³/mol. The number of aromatic nitrogens is 1. The number of nitrogens with zero attached hydrogens (tertiary/aromatic N) is 1. The first kappa shape index (κ1) is 13.6. The van der Waals surface area contributed by atoms with Crippen LogP contribution in [-0.4, -0.2) is 10.8 Å². The summed E-state index contributed by atoms with van der Waals surface area (Å²) in [6.07, 6.45) is 4.36. The van der Waals surface area contributed by atoms with E-state index in [1.165, 1.54) is 0 Å². The fourth-order valence-electron chi connectivity index (χ4n) is 2.71. The zero-order valence-corrected chi connectivity index (χ0v) is 12.3. The normalized spacial score (nSPS) is 16.5. The van der Waals surface area contributed by atoms with Crippen LogP contribution in [0.2, 0.25) is 10.0 Å². The van der Waals surface area contributed by atoms with Gasteiger partial charge < -0.3 is 0 Å². The predicted octanol–water partition coefficient (Wildman–Crippen LogP) is 4.69. The lowest BCUT2D eigenvalue weighted by molar-refractivity contribution is 0.0783. The van der Waals surface area contributed by atoms with E-state index < -0.39 is 5.41 Å². The zero-order chi connectivity index (χ0) is 14.2. The Labute approximate surface area is 127 Å². The van der Waals surface area contributed by atoms with Crippen molar-refractivity contribution in [2.75, 3.05) is 0 Å². The maximum Gasteiger partial charge on any atom is 0.191 e. The monoisotopic (exact) mass is 305 g/mol. The molecule has 0 spiro atoms. The molecule has 0 bridgehead atoms. The molecule has 1 heterocycles. The Hall–Kier alpha value is -1.38. The van der Waals surface area contributed by atoms with Gasteiger partial charge in [-0.2, -0.15) is 0 Å². The number of rotatable bonds is 3. The molecule has 4 heteroatoms. The molecule has 1 aromatic carbocycles. The molecular formula is C16H13Cl2NO. The van der Waals surface area contributed by atoms with Crippen LogP contribution in [-0.2, 0) is 5.41 Å². The lowest BCUT2D eigenvalue weighted by atomic mass is 9.61. The van der Waals surface area contributed by atoms with Crippen molar-refractivity contribution in [3.05, 3.63) is 63.9 Å². The highest BCUT2D eigenvalue weighted by atomic mass is 35.5. The maximum atomic E-state index is 12.8. The van der Waals surface area contributed by atoms with Crippen LogP contribution in [0.1, 0.15) is 35.3 Å². The molecule has 1 fully saturated rings. The van der Waals surface area contributed by atoms with Crippen molar-refractivity contribution in [1.82, 2.24) is 4.98 Å². The molecule has 3 rings (SSSR count). The summed E-state index contributed by atoms with van der Waals surface area (Å²) in [6, 6.07) is 10.9. The lowest BCUT2D eigenvalue weighted by Gasteiger charge is -2.40. The van der Waals surface area contributed by atoms with Crippen molar-refractivity contribution < 1.29 is 4.79 Å². The van der Waals surface area contributed by atoms with Crippen LogP contribution in [0.4, 0.5) is 0 Å². The van der Waals surface area contributed by atoms with Crippen molar-refractivity contribution in [2.45, 2.75) is 24.7 Å². The van der Waals surface area contributed by atoms with Crippen LogP contribution >= 0.6 is 23.2 Å². The fourth-order valence-corrected chi connectivity index (χ4v) is 3.01. The van der Waals surface area contributed by atoms with E-state index in [1.807, 2.05) is 24.3 Å². The molecule has 2 aromatic rings. The molecular weight excluding hydrogens is 293 g/mol. The first-order valence-electron chi connectivity index (χ1n) is 6.55. The first-order chi connectivity index (χ1) is 9.63. The zero-order valence-electron chi connectivity index (χ0n) is 10.8. The third-order valence-corrected chi connectivity index (χ3v) is 4.75. The van der Waals surface area contributed by atoms with E-state index in [-0.39, 0.29) is 5.78 Å². The summed E-state index contributed by atoms with van der Waals surface area (Å²) in [5, 5.41) is 0.999. The number of ketones is 1. The smallest absolute Gasteiger partial charge is 0.191 e. The summed E-state index contributed by atoms with van der Waals surface area (Å²) in [7, 11) is 0. The molecule has 102 valence electrons. The summed E-state index contributed by atoms with van der Waals surface area (Å²) >= 11 is 12.1. The Kier molecular flexibility index (Phi) is 3.53. The molecule has 20 heavy (non-hydrogen) atoms. The highest BCUT2D eigenvalue weighted by molar-refractivity contribution is 6.42. The fraction of sp³-hybridized carbons (Fsp3) is 0.250. The van der Waals surface area contributed by atoms with E-state index in [2.05, 4.69) is 4.98 Å². The second-order valence-electron chi connectivity index (χ2n) is 5.11. The summed E-state index contributed by atoms with van der Waals surface area (Å²) in [4.78, 5) is 17.0. The van der Waals surface area contributed by atoms with Gasteiger partial charge in [-0.15, -0.1) is 0 Å². The number of pyridine rings is 1. The Bertz CT molecular complexity index is 651. The molecule has 0 unspecified atom stereocenters. The lowest BCUT2D eigenvalue weighted by Crippen LogP contribution is -2.42. The molecule has 0 saturated heterocycles. The molecule has 2 nitrogen and oxygen atoms in total. The average Bonchev–Trinajstić information content (AvgIpc) is 2.42. The van der Waals surface area contributed by atoms with E-state index in [0.29, 0.717) is 15.7 Å². The number of hydrogen-bond acceptors (Lipinski definition) is 2. The van der Waals surface area contributed by atoms with Gasteiger partial charge in [-0.25, -0.2) is 0 Å². The SMILES string of the molecule is O=C(c1ccccn1)C1(c2ccc(Cl)c(Cl)c2)CCC1. The number of halogens is 2. The van der Waals surface area contributed by atoms with Crippen LogP contribution < -0.4 is 0 Å². The van der Waals surface area contributed by atoms with Crippen molar-refractivity contribution in [1.29, 1.82) is 0 Å². The van der Waals surface area contributed by atoms with Gasteiger partial charge in [-0.1, -0.05) is 41.8 Å². The molecule has 0 amide bonds. The van der Waals surface area contributed by atoms with Crippen molar-refractivity contribution >= 4 is 29.0 Å². The van der Waals surface area contributed by atoms with E-state index in [0.717, 1.165) is 24.8 Å². The molecule has 1 aliphatic rings. The van der Waals surface area contributed by atoms with Crippen LogP contribution in [0.25, 0.3) is 0 Å². The highest BCUT2D eigenvalue weighted by Crippen LogP contribution is 2.47. The van der Waals surface area contributed by atoms with Crippen molar-refractivity contribution in [2.24, 2.45) is 0 Å². The van der Waals surface area contributed by atoms with Crippen LogP contribution in [0.15, 0.2) is 42.6 Å². The maximum absolute atomic E-state index is 12.8. The minimum atomic E-state index is -0.484. The second-order valence-corrected chi connectivity index (χ2v) is 5.92. The molecule has 1 saturated carbocycles. The summed E-state index contributed by atoms with van der Waals surface area (Å²) in [6.45, 7) is 0. The minimum absolute atomic E-state index is 0.0720. The van der Waals surface area contributed by atoms with Gasteiger partial charge in [-0.05, 0) is 42.7 Å². The number of benzene rings is 1. The van der Waals surface area contributed by atoms with Crippen molar-refractivity contribution in [3.63, 3.8) is 0 Å². The summed E-state index contributed by atoms with van der Waals surface area (Å²) in [5.74, 6) is 0.0720. The van der Waals surface area contributed by atoms with Gasteiger partial charge in [0.2, 0.25) is 0 Å². The van der Waals surface area contributed by atoms with E-state index in [4.69, 9.17) is 23.2 Å². The molecule has 0 radical (unpaired) electrons. The largest absolute Gasteiger partial charge is 0.291 e. The number of carbonyl (C=O) groups excluding carboxylic acids is 1. The third kappa shape index (κ3) is 2.13. The minimum Gasteiger partial charge on any atom is -0.291 e. The standard InChI is InChI=1S/C16H13Cl2NO/c17-12-6-5-11(10-13(12)18)16(7-3-8-16)15(20)14-4-1-2-9-19-14/h1-2,4-6,9-10H,3,7-8H2. The highest BCUT2D eigenvalue weighted by Gasteiger charge is 2.46. The quantitative estimate of drug-likeness (QED) is 0.770. The molecule has 0 aliphatic heterocycles. The van der Waals surface area contributed by atoms with E-state index >= 15 is 0 Å². The first-order valence-corrected chi connectivity index (χ1v) is 7.30. The van der Waals surface area contributed by atoms with E-state index in [1.54, 1.807) is 18.3 Å². The van der Waals surface area contributed by atoms with Gasteiger partial charge >= 0.3 is 0 Å². The van der Waals surface area contributed by atoms with Gasteiger partial charge in [0.15, 0.2) is 5.78 Å². The van der Waals surface area contributed by atoms with Crippen LogP contribution in [0.5, 0.6) is 0 Å². The number of hydrogen-bond donors (Lipinski definition) is 0.